The average Bonchev–Trinajstić information content (AvgIpc) is 3.29. The van der Waals surface area contributed by atoms with E-state index in [4.69, 9.17) is 0 Å². The largest absolute Gasteiger partial charge is 0.385 e. The van der Waals surface area contributed by atoms with E-state index in [9.17, 15) is 9.90 Å². The predicted octanol–water partition coefficient (Wildman–Crippen LogP) is 2.27. The van der Waals surface area contributed by atoms with E-state index in [0.29, 0.717) is 18.9 Å². The van der Waals surface area contributed by atoms with Crippen molar-refractivity contribution in [1.29, 1.82) is 0 Å². The van der Waals surface area contributed by atoms with Crippen molar-refractivity contribution in [3.8, 4) is 0 Å². The summed E-state index contributed by atoms with van der Waals surface area (Å²) in [6.07, 6.45) is 6.18. The standard InChI is InChI=1S/C18H22N6O2/c1-23-9-6-19-17(23)16(25)12-4-7-24(8-5-12)18(26)21-14-3-2-13-11-20-22-15(13)10-14/h2-3,6,9-12,16,25H,4-5,7-8H2,1H3,(H,20,22)(H,21,26)/t16-/m0/s1. The number of benzene rings is 1. The van der Waals surface area contributed by atoms with E-state index < -0.39 is 6.10 Å². The topological polar surface area (TPSA) is 99.1 Å². The number of aliphatic hydroxyl groups is 1. The number of aromatic nitrogens is 4. The lowest BCUT2D eigenvalue weighted by Gasteiger charge is -2.34. The summed E-state index contributed by atoms with van der Waals surface area (Å²) >= 11 is 0. The molecule has 0 aliphatic carbocycles. The molecule has 1 aromatic carbocycles. The number of hydrogen-bond donors (Lipinski definition) is 3. The first-order valence-electron chi connectivity index (χ1n) is 8.76. The minimum absolute atomic E-state index is 0.112. The molecule has 136 valence electrons. The van der Waals surface area contributed by atoms with Crippen LogP contribution in [0.2, 0.25) is 0 Å². The normalized spacial score (nSPS) is 16.8. The Hall–Kier alpha value is -2.87. The van der Waals surface area contributed by atoms with Crippen molar-refractivity contribution >= 4 is 22.6 Å². The molecule has 3 N–H and O–H groups in total. The van der Waals surface area contributed by atoms with Crippen molar-refractivity contribution in [1.82, 2.24) is 24.6 Å². The number of aryl methyl sites for hydroxylation is 1. The van der Waals surface area contributed by atoms with Crippen LogP contribution in [0.1, 0.15) is 24.8 Å². The predicted molar refractivity (Wildman–Crippen MR) is 97.6 cm³/mol. The lowest BCUT2D eigenvalue weighted by atomic mass is 9.91. The smallest absolute Gasteiger partial charge is 0.321 e. The summed E-state index contributed by atoms with van der Waals surface area (Å²) in [5, 5.41) is 21.4. The molecule has 8 nitrogen and oxygen atoms in total. The molecule has 0 radical (unpaired) electrons. The van der Waals surface area contributed by atoms with Gasteiger partial charge in [-0.25, -0.2) is 9.78 Å². The first-order valence-corrected chi connectivity index (χ1v) is 8.76. The Morgan fingerprint density at radius 2 is 2.19 bits per heavy atom. The number of carbonyl (C=O) groups excluding carboxylic acids is 1. The zero-order valence-corrected chi connectivity index (χ0v) is 14.6. The van der Waals surface area contributed by atoms with Gasteiger partial charge in [-0.2, -0.15) is 5.10 Å². The number of imidazole rings is 1. The van der Waals surface area contributed by atoms with Crippen LogP contribution in [0.25, 0.3) is 10.9 Å². The van der Waals surface area contributed by atoms with E-state index in [0.717, 1.165) is 29.4 Å². The van der Waals surface area contributed by atoms with Crippen LogP contribution in [0.3, 0.4) is 0 Å². The van der Waals surface area contributed by atoms with E-state index >= 15 is 0 Å². The second-order valence-corrected chi connectivity index (χ2v) is 6.77. The molecule has 0 bridgehead atoms. The molecular formula is C18H22N6O2. The van der Waals surface area contributed by atoms with Gasteiger partial charge in [-0.15, -0.1) is 0 Å². The number of rotatable bonds is 3. The van der Waals surface area contributed by atoms with Gasteiger partial charge in [-0.1, -0.05) is 0 Å². The van der Waals surface area contributed by atoms with Crippen molar-refractivity contribution < 1.29 is 9.90 Å². The SMILES string of the molecule is Cn1ccnc1[C@@H](O)C1CCN(C(=O)Nc2ccc3cn[nH]c3c2)CC1. The number of amides is 2. The van der Waals surface area contributed by atoms with Gasteiger partial charge >= 0.3 is 6.03 Å². The van der Waals surface area contributed by atoms with Gasteiger partial charge in [0.25, 0.3) is 0 Å². The van der Waals surface area contributed by atoms with Crippen molar-refractivity contribution in [2.75, 3.05) is 18.4 Å². The summed E-state index contributed by atoms with van der Waals surface area (Å²) in [6.45, 7) is 1.23. The van der Waals surface area contributed by atoms with E-state index in [1.807, 2.05) is 36.0 Å². The Balaban J connectivity index is 1.35. The molecule has 2 amide bonds. The molecule has 2 aromatic heterocycles. The van der Waals surface area contributed by atoms with Crippen LogP contribution in [-0.2, 0) is 7.05 Å². The molecule has 1 aliphatic heterocycles. The fourth-order valence-corrected chi connectivity index (χ4v) is 3.51. The van der Waals surface area contributed by atoms with Crippen LogP contribution in [-0.4, -0.2) is 48.9 Å². The maximum atomic E-state index is 12.5. The number of anilines is 1. The van der Waals surface area contributed by atoms with Crippen LogP contribution in [0.4, 0.5) is 10.5 Å². The zero-order chi connectivity index (χ0) is 18.1. The number of H-pyrrole nitrogens is 1. The van der Waals surface area contributed by atoms with E-state index in [1.165, 1.54) is 0 Å². The Labute approximate surface area is 150 Å². The fraction of sp³-hybridized carbons (Fsp3) is 0.389. The van der Waals surface area contributed by atoms with Gasteiger partial charge < -0.3 is 19.9 Å². The van der Waals surface area contributed by atoms with Crippen LogP contribution in [0.5, 0.6) is 0 Å². The lowest BCUT2D eigenvalue weighted by Crippen LogP contribution is -2.42. The van der Waals surface area contributed by atoms with Gasteiger partial charge in [0.2, 0.25) is 0 Å². The summed E-state index contributed by atoms with van der Waals surface area (Å²) in [7, 11) is 1.88. The zero-order valence-electron chi connectivity index (χ0n) is 14.6. The number of likely N-dealkylation sites (tertiary alicyclic amines) is 1. The highest BCUT2D eigenvalue weighted by molar-refractivity contribution is 5.92. The number of aromatic amines is 1. The summed E-state index contributed by atoms with van der Waals surface area (Å²) in [5.41, 5.74) is 1.63. The number of nitrogens with one attached hydrogen (secondary N) is 2. The molecule has 4 rings (SSSR count). The molecule has 0 saturated carbocycles. The van der Waals surface area contributed by atoms with E-state index in [-0.39, 0.29) is 11.9 Å². The molecule has 1 aliphatic rings. The van der Waals surface area contributed by atoms with Crippen molar-refractivity contribution in [2.45, 2.75) is 18.9 Å². The van der Waals surface area contributed by atoms with Crippen LogP contribution >= 0.6 is 0 Å². The van der Waals surface area contributed by atoms with Crippen LogP contribution in [0.15, 0.2) is 36.8 Å². The number of nitrogens with zero attached hydrogens (tertiary/aromatic N) is 4. The molecule has 0 unspecified atom stereocenters. The monoisotopic (exact) mass is 354 g/mol. The number of hydrogen-bond acceptors (Lipinski definition) is 4. The Kier molecular flexibility index (Phi) is 4.34. The Morgan fingerprint density at radius 3 is 2.92 bits per heavy atom. The summed E-state index contributed by atoms with van der Waals surface area (Å²) < 4.78 is 1.84. The molecule has 1 saturated heterocycles. The molecule has 3 aromatic rings. The summed E-state index contributed by atoms with van der Waals surface area (Å²) in [6, 6.07) is 5.54. The van der Waals surface area contributed by atoms with Gasteiger partial charge in [0.1, 0.15) is 11.9 Å². The highest BCUT2D eigenvalue weighted by atomic mass is 16.3. The molecule has 1 atom stereocenters. The number of piperidine rings is 1. The Morgan fingerprint density at radius 1 is 1.38 bits per heavy atom. The van der Waals surface area contributed by atoms with Gasteiger partial charge in [0.15, 0.2) is 0 Å². The third kappa shape index (κ3) is 3.15. The molecule has 8 heteroatoms. The maximum absolute atomic E-state index is 12.5. The quantitative estimate of drug-likeness (QED) is 0.672. The van der Waals surface area contributed by atoms with E-state index in [1.54, 1.807) is 17.3 Å². The molecular weight excluding hydrogens is 332 g/mol. The van der Waals surface area contributed by atoms with Crippen molar-refractivity contribution in [3.05, 3.63) is 42.6 Å². The molecule has 26 heavy (non-hydrogen) atoms. The minimum Gasteiger partial charge on any atom is -0.385 e. The number of urea groups is 1. The minimum atomic E-state index is -0.594. The highest BCUT2D eigenvalue weighted by Gasteiger charge is 2.30. The number of carbonyl (C=O) groups is 1. The van der Waals surface area contributed by atoms with Crippen molar-refractivity contribution in [2.24, 2.45) is 13.0 Å². The molecule has 0 spiro atoms. The van der Waals surface area contributed by atoms with Gasteiger partial charge in [0, 0.05) is 43.6 Å². The second-order valence-electron chi connectivity index (χ2n) is 6.77. The van der Waals surface area contributed by atoms with Gasteiger partial charge in [-0.3, -0.25) is 5.10 Å². The fourth-order valence-electron chi connectivity index (χ4n) is 3.51. The van der Waals surface area contributed by atoms with Gasteiger partial charge in [-0.05, 0) is 37.0 Å². The number of fused-ring (bicyclic) bond motifs is 1. The number of aliphatic hydroxyl groups excluding tert-OH is 1. The highest BCUT2D eigenvalue weighted by Crippen LogP contribution is 2.30. The van der Waals surface area contributed by atoms with Crippen LogP contribution < -0.4 is 5.32 Å². The summed E-state index contributed by atoms with van der Waals surface area (Å²) in [5.74, 6) is 0.794. The first-order chi connectivity index (χ1) is 12.6. The third-order valence-electron chi connectivity index (χ3n) is 5.09. The lowest BCUT2D eigenvalue weighted by molar-refractivity contribution is 0.0600. The first kappa shape index (κ1) is 16.6. The van der Waals surface area contributed by atoms with Crippen molar-refractivity contribution in [3.63, 3.8) is 0 Å². The molecule has 1 fully saturated rings. The average molecular weight is 354 g/mol. The van der Waals surface area contributed by atoms with Crippen LogP contribution in [0, 0.1) is 5.92 Å². The van der Waals surface area contributed by atoms with Gasteiger partial charge in [0.05, 0.1) is 11.7 Å². The molecule has 3 heterocycles. The van der Waals surface area contributed by atoms with E-state index in [2.05, 4.69) is 20.5 Å². The third-order valence-corrected chi connectivity index (χ3v) is 5.09. The maximum Gasteiger partial charge on any atom is 0.321 e. The summed E-state index contributed by atoms with van der Waals surface area (Å²) in [4.78, 5) is 18.5. The second kappa shape index (κ2) is 6.80. The Bertz CT molecular complexity index is 909.